The second-order valence-electron chi connectivity index (χ2n) is 3.71. The van der Waals surface area contributed by atoms with Gasteiger partial charge in [0.15, 0.2) is 0 Å². The highest BCUT2D eigenvalue weighted by atomic mass is 19.1. The lowest BCUT2D eigenvalue weighted by Crippen LogP contribution is -2.28. The molecular formula is C13H16FNO3. The van der Waals surface area contributed by atoms with E-state index in [2.05, 4.69) is 10.1 Å². The summed E-state index contributed by atoms with van der Waals surface area (Å²) in [5.41, 5.74) is 0.924. The zero-order valence-corrected chi connectivity index (χ0v) is 10.2. The lowest BCUT2D eigenvalue weighted by molar-refractivity contribution is -0.145. The first kappa shape index (κ1) is 14.2. The molecule has 4 nitrogen and oxygen atoms in total. The Morgan fingerprint density at radius 3 is 2.56 bits per heavy atom. The molecule has 5 heteroatoms. The Hall–Kier alpha value is -1.91. The zero-order valence-electron chi connectivity index (χ0n) is 10.2. The first-order valence-corrected chi connectivity index (χ1v) is 5.78. The number of esters is 1. The van der Waals surface area contributed by atoms with Crippen molar-refractivity contribution in [3.05, 3.63) is 35.6 Å². The minimum Gasteiger partial charge on any atom is -0.466 e. The van der Waals surface area contributed by atoms with Gasteiger partial charge < -0.3 is 10.1 Å². The smallest absolute Gasteiger partial charge is 0.315 e. The molecular weight excluding hydrogens is 237 g/mol. The molecule has 0 aliphatic carbocycles. The van der Waals surface area contributed by atoms with Crippen molar-refractivity contribution in [1.29, 1.82) is 0 Å². The minimum atomic E-state index is -0.531. The Labute approximate surface area is 105 Å². The van der Waals surface area contributed by atoms with Crippen molar-refractivity contribution >= 4 is 11.9 Å². The molecule has 0 saturated carbocycles. The van der Waals surface area contributed by atoms with Gasteiger partial charge in [-0.05, 0) is 31.0 Å². The molecule has 0 atom stereocenters. The van der Waals surface area contributed by atoms with E-state index in [1.807, 2.05) is 0 Å². The van der Waals surface area contributed by atoms with Crippen molar-refractivity contribution in [3.8, 4) is 0 Å². The van der Waals surface area contributed by atoms with Gasteiger partial charge in [0.25, 0.3) is 0 Å². The molecule has 1 rings (SSSR count). The van der Waals surface area contributed by atoms with Crippen LogP contribution in [0.3, 0.4) is 0 Å². The molecule has 1 aromatic carbocycles. The highest BCUT2D eigenvalue weighted by molar-refractivity contribution is 5.94. The molecule has 0 aromatic heterocycles. The summed E-state index contributed by atoms with van der Waals surface area (Å²) in [6, 6.07) is 6.06. The van der Waals surface area contributed by atoms with E-state index in [0.29, 0.717) is 13.0 Å². The Morgan fingerprint density at radius 1 is 1.28 bits per heavy atom. The fourth-order valence-corrected chi connectivity index (χ4v) is 1.40. The number of rotatable bonds is 6. The molecule has 0 spiro atoms. The second-order valence-corrected chi connectivity index (χ2v) is 3.71. The van der Waals surface area contributed by atoms with E-state index in [1.54, 1.807) is 19.1 Å². The molecule has 1 N–H and O–H groups in total. The molecule has 18 heavy (non-hydrogen) atoms. The summed E-state index contributed by atoms with van der Waals surface area (Å²) in [6.45, 7) is 2.36. The van der Waals surface area contributed by atoms with Crippen LogP contribution in [0.15, 0.2) is 24.3 Å². The molecule has 0 radical (unpaired) electrons. The van der Waals surface area contributed by atoms with Crippen LogP contribution in [0.1, 0.15) is 18.9 Å². The summed E-state index contributed by atoms with van der Waals surface area (Å²) < 4.78 is 17.3. The fourth-order valence-electron chi connectivity index (χ4n) is 1.40. The van der Waals surface area contributed by atoms with Gasteiger partial charge in [0.1, 0.15) is 12.2 Å². The average molecular weight is 253 g/mol. The molecule has 0 aliphatic heterocycles. The van der Waals surface area contributed by atoms with Gasteiger partial charge in [-0.15, -0.1) is 0 Å². The topological polar surface area (TPSA) is 55.4 Å². The van der Waals surface area contributed by atoms with Gasteiger partial charge in [-0.2, -0.15) is 0 Å². The number of hydrogen-bond acceptors (Lipinski definition) is 3. The van der Waals surface area contributed by atoms with Gasteiger partial charge >= 0.3 is 5.97 Å². The molecule has 98 valence electrons. The van der Waals surface area contributed by atoms with Gasteiger partial charge in [0.05, 0.1) is 6.61 Å². The number of carbonyl (C=O) groups is 2. The largest absolute Gasteiger partial charge is 0.466 e. The van der Waals surface area contributed by atoms with Crippen molar-refractivity contribution in [2.75, 3.05) is 13.2 Å². The van der Waals surface area contributed by atoms with Crippen LogP contribution in [0.25, 0.3) is 0 Å². The third kappa shape index (κ3) is 5.43. The summed E-state index contributed by atoms with van der Waals surface area (Å²) >= 11 is 0. The molecule has 0 unspecified atom stereocenters. The van der Waals surface area contributed by atoms with E-state index in [4.69, 9.17) is 0 Å². The van der Waals surface area contributed by atoms with Crippen molar-refractivity contribution < 1.29 is 18.7 Å². The predicted molar refractivity (Wildman–Crippen MR) is 64.4 cm³/mol. The number of hydrogen-bond donors (Lipinski definition) is 1. The van der Waals surface area contributed by atoms with E-state index in [1.165, 1.54) is 12.1 Å². The second kappa shape index (κ2) is 7.42. The first-order valence-electron chi connectivity index (χ1n) is 5.78. The van der Waals surface area contributed by atoms with Crippen molar-refractivity contribution in [2.24, 2.45) is 0 Å². The summed E-state index contributed by atoms with van der Waals surface area (Å²) in [5, 5.41) is 2.60. The van der Waals surface area contributed by atoms with Crippen molar-refractivity contribution in [2.45, 2.75) is 19.8 Å². The standard InChI is InChI=1S/C13H16FNO3/c1-2-18-13(17)9-12(16)15-8-7-10-3-5-11(14)6-4-10/h3-6H,2,7-9H2,1H3,(H,15,16). The maximum atomic E-state index is 12.6. The highest BCUT2D eigenvalue weighted by Gasteiger charge is 2.09. The molecule has 1 amide bonds. The molecule has 0 bridgehead atoms. The molecule has 0 fully saturated rings. The Balaban J connectivity index is 2.23. The highest BCUT2D eigenvalue weighted by Crippen LogP contribution is 2.02. The van der Waals surface area contributed by atoms with E-state index >= 15 is 0 Å². The third-order valence-electron chi connectivity index (χ3n) is 2.26. The van der Waals surface area contributed by atoms with Crippen LogP contribution >= 0.6 is 0 Å². The third-order valence-corrected chi connectivity index (χ3v) is 2.26. The maximum Gasteiger partial charge on any atom is 0.315 e. The summed E-state index contributed by atoms with van der Waals surface area (Å²) in [6.07, 6.45) is 0.325. The van der Waals surface area contributed by atoms with Gasteiger partial charge in [0.2, 0.25) is 5.91 Å². The minimum absolute atomic E-state index is 0.266. The van der Waals surface area contributed by atoms with Crippen LogP contribution < -0.4 is 5.32 Å². The van der Waals surface area contributed by atoms with Crippen molar-refractivity contribution in [3.63, 3.8) is 0 Å². The molecule has 1 aromatic rings. The van der Waals surface area contributed by atoms with E-state index < -0.39 is 5.97 Å². The van der Waals surface area contributed by atoms with Crippen LogP contribution in [0.4, 0.5) is 4.39 Å². The van der Waals surface area contributed by atoms with Crippen LogP contribution in [-0.4, -0.2) is 25.0 Å². The van der Waals surface area contributed by atoms with E-state index in [0.717, 1.165) is 5.56 Å². The lowest BCUT2D eigenvalue weighted by Gasteiger charge is -2.05. The number of carbonyl (C=O) groups excluding carboxylic acids is 2. The SMILES string of the molecule is CCOC(=O)CC(=O)NCCc1ccc(F)cc1. The number of ether oxygens (including phenoxy) is 1. The number of halogens is 1. The maximum absolute atomic E-state index is 12.6. The fraction of sp³-hybridized carbons (Fsp3) is 0.385. The van der Waals surface area contributed by atoms with E-state index in [9.17, 15) is 14.0 Å². The van der Waals surface area contributed by atoms with Gasteiger partial charge in [-0.1, -0.05) is 12.1 Å². The van der Waals surface area contributed by atoms with Gasteiger partial charge in [0, 0.05) is 6.54 Å². The average Bonchev–Trinajstić information content (AvgIpc) is 2.32. The van der Waals surface area contributed by atoms with Crippen LogP contribution in [0.5, 0.6) is 0 Å². The number of amides is 1. The Kier molecular flexibility index (Phi) is 5.84. The summed E-state index contributed by atoms with van der Waals surface area (Å²) in [5.74, 6) is -1.18. The lowest BCUT2D eigenvalue weighted by atomic mass is 10.1. The van der Waals surface area contributed by atoms with Crippen molar-refractivity contribution in [1.82, 2.24) is 5.32 Å². The molecule has 0 saturated heterocycles. The van der Waals surface area contributed by atoms with Gasteiger partial charge in [-0.3, -0.25) is 9.59 Å². The Bertz CT molecular complexity index is 403. The Morgan fingerprint density at radius 2 is 1.94 bits per heavy atom. The van der Waals surface area contributed by atoms with Crippen LogP contribution in [0, 0.1) is 5.82 Å². The summed E-state index contributed by atoms with van der Waals surface area (Å²) in [7, 11) is 0. The quantitative estimate of drug-likeness (QED) is 0.616. The molecule has 0 heterocycles. The molecule has 0 aliphatic rings. The van der Waals surface area contributed by atoms with Crippen LogP contribution in [-0.2, 0) is 20.7 Å². The normalized spacial score (nSPS) is 9.89. The number of benzene rings is 1. The first-order chi connectivity index (χ1) is 8.61. The summed E-state index contributed by atoms with van der Waals surface area (Å²) in [4.78, 5) is 22.3. The zero-order chi connectivity index (χ0) is 13.4. The monoisotopic (exact) mass is 253 g/mol. The van der Waals surface area contributed by atoms with E-state index in [-0.39, 0.29) is 24.8 Å². The number of nitrogens with one attached hydrogen (secondary N) is 1. The van der Waals surface area contributed by atoms with Crippen LogP contribution in [0.2, 0.25) is 0 Å². The predicted octanol–water partition coefficient (Wildman–Crippen LogP) is 1.44. The van der Waals surface area contributed by atoms with Gasteiger partial charge in [-0.25, -0.2) is 4.39 Å².